The average Bonchev–Trinajstić information content (AvgIpc) is 2.53. The molecule has 0 bridgehead atoms. The maximum absolute atomic E-state index is 10.3. The Balaban J connectivity index is 1.99. The van der Waals surface area contributed by atoms with E-state index >= 15 is 0 Å². The Labute approximate surface area is 129 Å². The minimum atomic E-state index is -0.796. The lowest BCUT2D eigenvalue weighted by atomic mass is 9.93. The van der Waals surface area contributed by atoms with Crippen LogP contribution in [-0.4, -0.2) is 27.0 Å². The molecule has 0 aliphatic carbocycles. The molecule has 0 aliphatic heterocycles. The van der Waals surface area contributed by atoms with Gasteiger partial charge in [-0.15, -0.1) is 0 Å². The minimum absolute atomic E-state index is 0.137. The van der Waals surface area contributed by atoms with Crippen LogP contribution in [0.25, 0.3) is 6.08 Å². The third-order valence-electron chi connectivity index (χ3n) is 3.56. The van der Waals surface area contributed by atoms with Gasteiger partial charge in [0.2, 0.25) is 0 Å². The van der Waals surface area contributed by atoms with Crippen LogP contribution in [0.4, 0.5) is 0 Å². The smallest absolute Gasteiger partial charge is 0.115 e. The summed E-state index contributed by atoms with van der Waals surface area (Å²) < 4.78 is 0. The molecule has 0 aromatic heterocycles. The highest BCUT2D eigenvalue weighted by atomic mass is 16.3. The van der Waals surface area contributed by atoms with Crippen LogP contribution in [-0.2, 0) is 0 Å². The van der Waals surface area contributed by atoms with Crippen molar-refractivity contribution in [3.63, 3.8) is 0 Å². The van der Waals surface area contributed by atoms with Crippen molar-refractivity contribution in [1.29, 1.82) is 0 Å². The average molecular weight is 300 g/mol. The molecule has 116 valence electrons. The number of allylic oxidation sites excluding steroid dienone is 1. The van der Waals surface area contributed by atoms with Crippen molar-refractivity contribution in [2.75, 3.05) is 6.61 Å². The summed E-state index contributed by atoms with van der Waals surface area (Å²) in [5.41, 5.74) is 1.60. The summed E-state index contributed by atoms with van der Waals surface area (Å²) in [6.45, 7) is -0.137. The molecule has 0 amide bonds. The number of hydrogen-bond acceptors (Lipinski definition) is 4. The molecule has 22 heavy (non-hydrogen) atoms. The quantitative estimate of drug-likeness (QED) is 0.661. The standard InChI is InChI=1S/C18H20O4/c19-12-15(18(22)14-6-10-17(21)11-7-14)3-1-2-13-4-8-16(20)9-5-13/h1-2,4-11,15,18-22H,3,12H2/b2-1+/t15-,18-/m1/s1. The molecule has 4 N–H and O–H groups in total. The van der Waals surface area contributed by atoms with Gasteiger partial charge in [0, 0.05) is 12.5 Å². The summed E-state index contributed by atoms with van der Waals surface area (Å²) in [4.78, 5) is 0. The van der Waals surface area contributed by atoms with Gasteiger partial charge in [0.1, 0.15) is 11.5 Å². The van der Waals surface area contributed by atoms with Crippen LogP contribution in [0, 0.1) is 5.92 Å². The molecule has 2 aromatic rings. The first-order valence-electron chi connectivity index (χ1n) is 7.13. The number of benzene rings is 2. The van der Waals surface area contributed by atoms with Crippen molar-refractivity contribution in [1.82, 2.24) is 0 Å². The van der Waals surface area contributed by atoms with Gasteiger partial charge >= 0.3 is 0 Å². The second kappa shape index (κ2) is 7.64. The molecule has 4 nitrogen and oxygen atoms in total. The van der Waals surface area contributed by atoms with Crippen molar-refractivity contribution in [3.05, 3.63) is 65.7 Å². The number of hydrogen-bond donors (Lipinski definition) is 4. The molecular formula is C18H20O4. The molecule has 0 spiro atoms. The fourth-order valence-electron chi connectivity index (χ4n) is 2.21. The molecule has 4 heteroatoms. The Morgan fingerprint density at radius 1 is 0.864 bits per heavy atom. The SMILES string of the molecule is OC[C@@H](C/C=C/c1ccc(O)cc1)[C@H](O)c1ccc(O)cc1. The summed E-state index contributed by atoms with van der Waals surface area (Å²) in [5.74, 6) is 0.0368. The van der Waals surface area contributed by atoms with Gasteiger partial charge in [-0.05, 0) is 41.8 Å². The summed E-state index contributed by atoms with van der Waals surface area (Å²) in [7, 11) is 0. The first-order valence-corrected chi connectivity index (χ1v) is 7.13. The van der Waals surface area contributed by atoms with Gasteiger partial charge in [-0.3, -0.25) is 0 Å². The largest absolute Gasteiger partial charge is 0.508 e. The zero-order chi connectivity index (χ0) is 15.9. The number of phenols is 2. The van der Waals surface area contributed by atoms with Crippen molar-refractivity contribution < 1.29 is 20.4 Å². The van der Waals surface area contributed by atoms with Gasteiger partial charge in [-0.2, -0.15) is 0 Å². The fraction of sp³-hybridized carbons (Fsp3) is 0.222. The van der Waals surface area contributed by atoms with Crippen LogP contribution >= 0.6 is 0 Å². The highest BCUT2D eigenvalue weighted by Crippen LogP contribution is 2.26. The predicted molar refractivity (Wildman–Crippen MR) is 85.4 cm³/mol. The first kappa shape index (κ1) is 16.1. The summed E-state index contributed by atoms with van der Waals surface area (Å²) in [6.07, 6.45) is 3.48. The maximum atomic E-state index is 10.3. The van der Waals surface area contributed by atoms with E-state index in [-0.39, 0.29) is 24.0 Å². The molecule has 0 saturated heterocycles. The Morgan fingerprint density at radius 2 is 1.41 bits per heavy atom. The van der Waals surface area contributed by atoms with Gasteiger partial charge < -0.3 is 20.4 Å². The highest BCUT2D eigenvalue weighted by Gasteiger charge is 2.18. The Morgan fingerprint density at radius 3 is 1.95 bits per heavy atom. The monoisotopic (exact) mass is 300 g/mol. The van der Waals surface area contributed by atoms with Crippen LogP contribution < -0.4 is 0 Å². The molecule has 2 rings (SSSR count). The van der Waals surface area contributed by atoms with E-state index in [1.807, 2.05) is 12.2 Å². The summed E-state index contributed by atoms with van der Waals surface area (Å²) >= 11 is 0. The van der Waals surface area contributed by atoms with E-state index < -0.39 is 6.10 Å². The van der Waals surface area contributed by atoms with Crippen molar-refractivity contribution in [3.8, 4) is 11.5 Å². The predicted octanol–water partition coefficient (Wildman–Crippen LogP) is 2.84. The van der Waals surface area contributed by atoms with Crippen LogP contribution in [0.3, 0.4) is 0 Å². The lowest BCUT2D eigenvalue weighted by Gasteiger charge is -2.20. The van der Waals surface area contributed by atoms with Crippen LogP contribution in [0.5, 0.6) is 11.5 Å². The van der Waals surface area contributed by atoms with E-state index in [0.717, 1.165) is 5.56 Å². The molecule has 2 aromatic carbocycles. The minimum Gasteiger partial charge on any atom is -0.508 e. The van der Waals surface area contributed by atoms with Crippen LogP contribution in [0.1, 0.15) is 23.7 Å². The number of rotatable bonds is 6. The first-order chi connectivity index (χ1) is 10.6. The second-order valence-electron chi connectivity index (χ2n) is 5.21. The fourth-order valence-corrected chi connectivity index (χ4v) is 2.21. The summed E-state index contributed by atoms with van der Waals surface area (Å²) in [5, 5.41) is 38.2. The molecule has 0 heterocycles. The van der Waals surface area contributed by atoms with Gasteiger partial charge in [0.25, 0.3) is 0 Å². The Kier molecular flexibility index (Phi) is 5.58. The topological polar surface area (TPSA) is 80.9 Å². The summed E-state index contributed by atoms with van der Waals surface area (Å²) in [6, 6.07) is 13.1. The van der Waals surface area contributed by atoms with Gasteiger partial charge in [0.05, 0.1) is 6.10 Å². The number of phenolic OH excluding ortho intramolecular Hbond substituents is 2. The Bertz CT molecular complexity index is 602. The molecular weight excluding hydrogens is 280 g/mol. The zero-order valence-electron chi connectivity index (χ0n) is 12.1. The lowest BCUT2D eigenvalue weighted by molar-refractivity contribution is 0.0684. The third-order valence-corrected chi connectivity index (χ3v) is 3.56. The normalized spacial score (nSPS) is 14.1. The second-order valence-corrected chi connectivity index (χ2v) is 5.21. The van der Waals surface area contributed by atoms with E-state index in [9.17, 15) is 20.4 Å². The zero-order valence-corrected chi connectivity index (χ0v) is 12.1. The van der Waals surface area contributed by atoms with Crippen LogP contribution in [0.15, 0.2) is 54.6 Å². The number of aromatic hydroxyl groups is 2. The van der Waals surface area contributed by atoms with E-state index in [0.29, 0.717) is 12.0 Å². The Hall–Kier alpha value is -2.30. The molecule has 0 unspecified atom stereocenters. The highest BCUT2D eigenvalue weighted by molar-refractivity contribution is 5.50. The van der Waals surface area contributed by atoms with E-state index in [1.165, 1.54) is 12.1 Å². The molecule has 0 aliphatic rings. The van der Waals surface area contributed by atoms with E-state index in [1.54, 1.807) is 36.4 Å². The van der Waals surface area contributed by atoms with Crippen molar-refractivity contribution >= 4 is 6.08 Å². The number of aliphatic hydroxyl groups is 2. The lowest BCUT2D eigenvalue weighted by Crippen LogP contribution is -2.15. The molecule has 0 radical (unpaired) electrons. The van der Waals surface area contributed by atoms with Gasteiger partial charge in [-0.25, -0.2) is 0 Å². The van der Waals surface area contributed by atoms with Gasteiger partial charge in [0.15, 0.2) is 0 Å². The number of aliphatic hydroxyl groups excluding tert-OH is 2. The van der Waals surface area contributed by atoms with Crippen LogP contribution in [0.2, 0.25) is 0 Å². The van der Waals surface area contributed by atoms with E-state index in [4.69, 9.17) is 0 Å². The molecule has 0 fully saturated rings. The molecule has 2 atom stereocenters. The van der Waals surface area contributed by atoms with Crippen molar-refractivity contribution in [2.45, 2.75) is 12.5 Å². The van der Waals surface area contributed by atoms with Gasteiger partial charge in [-0.1, -0.05) is 36.4 Å². The third kappa shape index (κ3) is 4.35. The van der Waals surface area contributed by atoms with Crippen molar-refractivity contribution in [2.24, 2.45) is 5.92 Å². The van der Waals surface area contributed by atoms with E-state index in [2.05, 4.69) is 0 Å². The maximum Gasteiger partial charge on any atom is 0.115 e. The molecule has 0 saturated carbocycles.